The highest BCUT2D eigenvalue weighted by atomic mass is 35.5. The lowest BCUT2D eigenvalue weighted by atomic mass is 10.0. The monoisotopic (exact) mass is 414 g/mol. The molecule has 3 atom stereocenters. The zero-order valence-electron chi connectivity index (χ0n) is 16.6. The van der Waals surface area contributed by atoms with E-state index in [1.807, 2.05) is 31.2 Å². The smallest absolute Gasteiger partial charge is 0.236 e. The first-order chi connectivity index (χ1) is 12.8. The van der Waals surface area contributed by atoms with E-state index >= 15 is 0 Å². The van der Waals surface area contributed by atoms with E-state index in [1.54, 1.807) is 13.1 Å². The minimum Gasteiger partial charge on any atom is -0.389 e. The SMILES string of the molecule is CC/N=C\C(=N/C(C)Cl)N1CCC(N(C)C(=O)C2CC(C(C)O)=CS2)CC1. The molecule has 0 aromatic carbocycles. The molecule has 0 spiro atoms. The maximum absolute atomic E-state index is 12.8. The standard InChI is InChI=1S/C19H31ClN4O2S/c1-5-21-11-18(22-14(3)20)24-8-6-16(7-9-24)23(4)19(26)17-10-15(12-27-17)13(2)25/h11-14,16-17,25H,5-10H2,1-4H3/b21-11-,22-18+. The van der Waals surface area contributed by atoms with Gasteiger partial charge in [0.05, 0.1) is 17.6 Å². The van der Waals surface area contributed by atoms with E-state index < -0.39 is 6.10 Å². The highest BCUT2D eigenvalue weighted by Gasteiger charge is 2.33. The number of aliphatic hydroxyl groups excluding tert-OH is 1. The van der Waals surface area contributed by atoms with Crippen molar-refractivity contribution in [3.63, 3.8) is 0 Å². The van der Waals surface area contributed by atoms with Crippen LogP contribution >= 0.6 is 23.4 Å². The van der Waals surface area contributed by atoms with Crippen molar-refractivity contribution in [3.05, 3.63) is 11.0 Å². The van der Waals surface area contributed by atoms with Crippen molar-refractivity contribution in [2.24, 2.45) is 9.98 Å². The fraction of sp³-hybridized carbons (Fsp3) is 0.737. The summed E-state index contributed by atoms with van der Waals surface area (Å²) < 4.78 is 0. The molecule has 0 radical (unpaired) electrons. The molecule has 1 amide bonds. The molecule has 0 saturated carbocycles. The van der Waals surface area contributed by atoms with Crippen LogP contribution in [-0.2, 0) is 4.79 Å². The molecule has 0 bridgehead atoms. The number of hydrogen-bond acceptors (Lipinski definition) is 5. The van der Waals surface area contributed by atoms with Crippen molar-refractivity contribution in [2.75, 3.05) is 26.7 Å². The third-order valence-electron chi connectivity index (χ3n) is 5.00. The van der Waals surface area contributed by atoms with Crippen LogP contribution in [0.25, 0.3) is 0 Å². The predicted octanol–water partition coefficient (Wildman–Crippen LogP) is 2.75. The maximum atomic E-state index is 12.8. The molecular formula is C19H31ClN4O2S. The van der Waals surface area contributed by atoms with Gasteiger partial charge in [-0.3, -0.25) is 9.79 Å². The third kappa shape index (κ3) is 6.22. The van der Waals surface area contributed by atoms with Crippen LogP contribution in [0.1, 0.15) is 40.0 Å². The van der Waals surface area contributed by atoms with Crippen LogP contribution in [0.15, 0.2) is 21.0 Å². The lowest BCUT2D eigenvalue weighted by molar-refractivity contribution is -0.132. The van der Waals surface area contributed by atoms with Crippen molar-refractivity contribution in [2.45, 2.75) is 62.9 Å². The molecule has 2 aliphatic rings. The molecule has 0 aromatic heterocycles. The zero-order chi connectivity index (χ0) is 20.0. The van der Waals surface area contributed by atoms with Crippen LogP contribution in [0.3, 0.4) is 0 Å². The van der Waals surface area contributed by atoms with Crippen molar-refractivity contribution in [1.29, 1.82) is 0 Å². The Morgan fingerprint density at radius 1 is 1.48 bits per heavy atom. The van der Waals surface area contributed by atoms with Gasteiger partial charge in [0.1, 0.15) is 11.3 Å². The topological polar surface area (TPSA) is 68.5 Å². The summed E-state index contributed by atoms with van der Waals surface area (Å²) in [7, 11) is 1.90. The lowest BCUT2D eigenvalue weighted by Crippen LogP contribution is -2.49. The summed E-state index contributed by atoms with van der Waals surface area (Å²) in [5.41, 5.74) is 0.660. The number of halogens is 1. The second-order valence-electron chi connectivity index (χ2n) is 7.05. The number of carbonyl (C=O) groups excluding carboxylic acids is 1. The molecule has 2 heterocycles. The van der Waals surface area contributed by atoms with Crippen molar-refractivity contribution < 1.29 is 9.90 Å². The fourth-order valence-electron chi connectivity index (χ4n) is 3.34. The molecule has 1 saturated heterocycles. The van der Waals surface area contributed by atoms with Crippen LogP contribution in [0.5, 0.6) is 0 Å². The Kier molecular flexibility index (Phi) is 8.63. The first kappa shape index (κ1) is 22.2. The zero-order valence-corrected chi connectivity index (χ0v) is 18.2. The molecule has 27 heavy (non-hydrogen) atoms. The Bertz CT molecular complexity index is 599. The van der Waals surface area contributed by atoms with Crippen LogP contribution in [0.2, 0.25) is 0 Å². The van der Waals surface area contributed by atoms with Gasteiger partial charge >= 0.3 is 0 Å². The van der Waals surface area contributed by atoms with Crippen LogP contribution in [-0.4, -0.2) is 82.4 Å². The van der Waals surface area contributed by atoms with E-state index in [4.69, 9.17) is 11.6 Å². The second kappa shape index (κ2) is 10.5. The minimum absolute atomic E-state index is 0.108. The average molecular weight is 415 g/mol. The molecule has 8 heteroatoms. The molecular weight excluding hydrogens is 384 g/mol. The Hall–Kier alpha value is -1.05. The summed E-state index contributed by atoms with van der Waals surface area (Å²) >= 11 is 7.57. The summed E-state index contributed by atoms with van der Waals surface area (Å²) in [6, 6.07) is 0.225. The summed E-state index contributed by atoms with van der Waals surface area (Å²) in [6.07, 6.45) is 3.75. The van der Waals surface area contributed by atoms with Gasteiger partial charge in [0, 0.05) is 32.7 Å². The van der Waals surface area contributed by atoms with Crippen LogP contribution in [0.4, 0.5) is 0 Å². The summed E-state index contributed by atoms with van der Waals surface area (Å²) in [5.74, 6) is 0.977. The van der Waals surface area contributed by atoms with Gasteiger partial charge < -0.3 is 14.9 Å². The van der Waals surface area contributed by atoms with E-state index in [2.05, 4.69) is 14.9 Å². The summed E-state index contributed by atoms with van der Waals surface area (Å²) in [5, 5.41) is 11.5. The molecule has 1 N–H and O–H groups in total. The van der Waals surface area contributed by atoms with Crippen molar-refractivity contribution in [1.82, 2.24) is 9.80 Å². The van der Waals surface area contributed by atoms with E-state index in [0.29, 0.717) is 13.0 Å². The number of alkyl halides is 1. The second-order valence-corrected chi connectivity index (χ2v) is 8.76. The van der Waals surface area contributed by atoms with Crippen molar-refractivity contribution >= 4 is 41.3 Å². The van der Waals surface area contributed by atoms with Gasteiger partial charge in [-0.15, -0.1) is 11.8 Å². The number of carbonyl (C=O) groups is 1. The van der Waals surface area contributed by atoms with E-state index in [-0.39, 0.29) is 22.7 Å². The number of hydrogen-bond donors (Lipinski definition) is 1. The fourth-order valence-corrected chi connectivity index (χ4v) is 4.64. The van der Waals surface area contributed by atoms with Gasteiger partial charge in [-0.05, 0) is 51.0 Å². The molecule has 2 aliphatic heterocycles. The molecule has 3 unspecified atom stereocenters. The van der Waals surface area contributed by atoms with E-state index in [9.17, 15) is 9.90 Å². The minimum atomic E-state index is -0.476. The number of aliphatic hydroxyl groups is 1. The summed E-state index contributed by atoms with van der Waals surface area (Å²) in [4.78, 5) is 25.7. The quantitative estimate of drug-likeness (QED) is 0.314. The predicted molar refractivity (Wildman–Crippen MR) is 115 cm³/mol. The molecule has 1 fully saturated rings. The maximum Gasteiger partial charge on any atom is 0.236 e. The Labute approximate surface area is 171 Å². The molecule has 0 aliphatic carbocycles. The highest BCUT2D eigenvalue weighted by molar-refractivity contribution is 8.03. The third-order valence-corrected chi connectivity index (χ3v) is 6.23. The Morgan fingerprint density at radius 3 is 2.67 bits per heavy atom. The highest BCUT2D eigenvalue weighted by Crippen LogP contribution is 2.33. The van der Waals surface area contributed by atoms with Crippen molar-refractivity contribution in [3.8, 4) is 0 Å². The normalized spacial score (nSPS) is 24.2. The first-order valence-electron chi connectivity index (χ1n) is 9.59. The number of rotatable bonds is 6. The average Bonchev–Trinajstić information content (AvgIpc) is 3.14. The van der Waals surface area contributed by atoms with Gasteiger partial charge in [0.15, 0.2) is 0 Å². The summed E-state index contributed by atoms with van der Waals surface area (Å²) in [6.45, 7) is 7.95. The van der Waals surface area contributed by atoms with Gasteiger partial charge in [-0.2, -0.15) is 0 Å². The van der Waals surface area contributed by atoms with E-state index in [0.717, 1.165) is 37.3 Å². The number of likely N-dealkylation sites (tertiary alicyclic amines) is 1. The molecule has 6 nitrogen and oxygen atoms in total. The largest absolute Gasteiger partial charge is 0.389 e. The number of aliphatic imine (C=N–C) groups is 2. The Morgan fingerprint density at radius 2 is 2.15 bits per heavy atom. The lowest BCUT2D eigenvalue weighted by Gasteiger charge is -2.38. The van der Waals surface area contributed by atoms with Gasteiger partial charge in [0.2, 0.25) is 5.91 Å². The van der Waals surface area contributed by atoms with Crippen LogP contribution < -0.4 is 0 Å². The number of amides is 1. The number of nitrogens with zero attached hydrogens (tertiary/aromatic N) is 4. The van der Waals surface area contributed by atoms with Gasteiger partial charge in [-0.25, -0.2) is 4.99 Å². The molecule has 0 aromatic rings. The number of piperidine rings is 1. The Balaban J connectivity index is 1.90. The molecule has 152 valence electrons. The number of thioether (sulfide) groups is 1. The van der Waals surface area contributed by atoms with Gasteiger partial charge in [-0.1, -0.05) is 11.6 Å². The molecule has 2 rings (SSSR count). The number of amidine groups is 1. The van der Waals surface area contributed by atoms with Crippen LogP contribution in [0, 0.1) is 0 Å². The van der Waals surface area contributed by atoms with E-state index in [1.165, 1.54) is 11.8 Å². The van der Waals surface area contributed by atoms with Gasteiger partial charge in [0.25, 0.3) is 0 Å². The first-order valence-corrected chi connectivity index (χ1v) is 11.0.